The Morgan fingerprint density at radius 2 is 1.82 bits per heavy atom. The Hall–Kier alpha value is 0.310. The minimum absolute atomic E-state index is 0.0128. The van der Waals surface area contributed by atoms with Gasteiger partial charge in [-0.3, -0.25) is 0 Å². The van der Waals surface area contributed by atoms with Crippen LogP contribution in [-0.2, 0) is 4.74 Å². The van der Waals surface area contributed by atoms with Gasteiger partial charge in [-0.25, -0.2) is 0 Å². The molecule has 0 aliphatic rings. The molecular formula is C9H19OS. The number of ether oxygens (including phenoxy) is 1. The zero-order valence-corrected chi connectivity index (χ0v) is 8.45. The predicted molar refractivity (Wildman–Crippen MR) is 51.8 cm³/mol. The minimum Gasteiger partial charge on any atom is -0.367 e. The van der Waals surface area contributed by atoms with Crippen molar-refractivity contribution in [1.29, 1.82) is 0 Å². The third-order valence-corrected chi connectivity index (χ3v) is 1.74. The molecule has 0 aromatic carbocycles. The van der Waals surface area contributed by atoms with Gasteiger partial charge in [0.25, 0.3) is 0 Å². The maximum atomic E-state index is 5.24. The fraction of sp³-hybridized carbons (Fsp3) is 1.00. The van der Waals surface area contributed by atoms with Crippen LogP contribution < -0.4 is 0 Å². The van der Waals surface area contributed by atoms with Crippen LogP contribution in [0.4, 0.5) is 0 Å². The fourth-order valence-electron chi connectivity index (χ4n) is 0.955. The lowest BCUT2D eigenvalue weighted by Crippen LogP contribution is -2.00. The molecule has 0 aromatic rings. The number of hydrogen-bond donors (Lipinski definition) is 0. The first kappa shape index (κ1) is 11.3. The first-order valence-electron chi connectivity index (χ1n) is 4.54. The Kier molecular flexibility index (Phi) is 8.64. The van der Waals surface area contributed by atoms with Crippen LogP contribution >= 0.6 is 12.6 Å². The zero-order chi connectivity index (χ0) is 8.53. The summed E-state index contributed by atoms with van der Waals surface area (Å²) >= 11 is 4.86. The van der Waals surface area contributed by atoms with Gasteiger partial charge in [-0.05, 0) is 13.3 Å². The van der Waals surface area contributed by atoms with E-state index in [1.165, 1.54) is 32.1 Å². The van der Waals surface area contributed by atoms with Crippen LogP contribution in [-0.4, -0.2) is 12.0 Å². The van der Waals surface area contributed by atoms with E-state index in [4.69, 9.17) is 17.4 Å². The lowest BCUT2D eigenvalue weighted by atomic mass is 10.2. The van der Waals surface area contributed by atoms with Crippen LogP contribution in [0, 0.1) is 0 Å². The van der Waals surface area contributed by atoms with E-state index in [0.717, 1.165) is 6.61 Å². The Balaban J connectivity index is 2.80. The third kappa shape index (κ3) is 10.3. The highest BCUT2D eigenvalue weighted by molar-refractivity contribution is 7.80. The van der Waals surface area contributed by atoms with Crippen molar-refractivity contribution in [1.82, 2.24) is 0 Å². The van der Waals surface area contributed by atoms with Gasteiger partial charge in [0.05, 0.1) is 0 Å². The van der Waals surface area contributed by atoms with Gasteiger partial charge >= 0.3 is 0 Å². The van der Waals surface area contributed by atoms with Crippen molar-refractivity contribution in [3.8, 4) is 0 Å². The monoisotopic (exact) mass is 175 g/mol. The van der Waals surface area contributed by atoms with E-state index in [1.807, 2.05) is 6.92 Å². The molecule has 1 unspecified atom stereocenters. The summed E-state index contributed by atoms with van der Waals surface area (Å²) in [6.45, 7) is 4.97. The molecule has 0 amide bonds. The molecule has 67 valence electrons. The third-order valence-electron chi connectivity index (χ3n) is 1.60. The molecule has 0 saturated heterocycles. The average Bonchev–Trinajstić information content (AvgIpc) is 1.96. The normalized spacial score (nSPS) is 13.4. The molecule has 0 aliphatic carbocycles. The molecule has 1 nitrogen and oxygen atoms in total. The molecule has 0 N–H and O–H groups in total. The largest absolute Gasteiger partial charge is 0.367 e. The molecule has 0 saturated carbocycles. The molecule has 0 aliphatic heterocycles. The SMILES string of the molecule is CCCCCCCOC(C)[S]. The standard InChI is InChI=1S/C9H19OS/c1-3-4-5-6-7-8-10-9(2)11/h9H,3-8H2,1-2H3. The second-order valence-electron chi connectivity index (χ2n) is 2.85. The van der Waals surface area contributed by atoms with Gasteiger partial charge in [0, 0.05) is 6.61 Å². The van der Waals surface area contributed by atoms with Crippen LogP contribution in [0.5, 0.6) is 0 Å². The quantitative estimate of drug-likeness (QED) is 0.538. The van der Waals surface area contributed by atoms with Crippen LogP contribution in [0.2, 0.25) is 0 Å². The van der Waals surface area contributed by atoms with Gasteiger partial charge in [-0.2, -0.15) is 0 Å². The molecule has 0 fully saturated rings. The molecule has 1 radical (unpaired) electrons. The smallest absolute Gasteiger partial charge is 0.110 e. The summed E-state index contributed by atoms with van der Waals surface area (Å²) in [4.78, 5) is 0. The van der Waals surface area contributed by atoms with E-state index in [-0.39, 0.29) is 5.44 Å². The molecule has 0 heterocycles. The summed E-state index contributed by atoms with van der Waals surface area (Å²) in [6, 6.07) is 0. The summed E-state index contributed by atoms with van der Waals surface area (Å²) in [7, 11) is 0. The van der Waals surface area contributed by atoms with Crippen molar-refractivity contribution in [2.45, 2.75) is 51.4 Å². The van der Waals surface area contributed by atoms with Gasteiger partial charge in [0.15, 0.2) is 0 Å². The topological polar surface area (TPSA) is 9.23 Å². The summed E-state index contributed by atoms with van der Waals surface area (Å²) in [6.07, 6.45) is 6.45. The van der Waals surface area contributed by atoms with Gasteiger partial charge in [0.2, 0.25) is 0 Å². The summed E-state index contributed by atoms with van der Waals surface area (Å²) in [5.41, 5.74) is -0.0128. The zero-order valence-electron chi connectivity index (χ0n) is 7.64. The summed E-state index contributed by atoms with van der Waals surface area (Å²) in [5, 5.41) is 0. The van der Waals surface area contributed by atoms with E-state index >= 15 is 0 Å². The van der Waals surface area contributed by atoms with E-state index < -0.39 is 0 Å². The predicted octanol–water partition coefficient (Wildman–Crippen LogP) is 3.52. The second-order valence-corrected chi connectivity index (χ2v) is 3.52. The molecule has 0 bridgehead atoms. The van der Waals surface area contributed by atoms with E-state index in [2.05, 4.69) is 6.92 Å². The van der Waals surface area contributed by atoms with Crippen molar-refractivity contribution in [2.24, 2.45) is 0 Å². The highest BCUT2D eigenvalue weighted by Gasteiger charge is 1.93. The highest BCUT2D eigenvalue weighted by atomic mass is 32.1. The van der Waals surface area contributed by atoms with Crippen molar-refractivity contribution in [3.63, 3.8) is 0 Å². The minimum atomic E-state index is -0.0128. The van der Waals surface area contributed by atoms with Crippen molar-refractivity contribution in [3.05, 3.63) is 0 Å². The second kappa shape index (κ2) is 8.41. The van der Waals surface area contributed by atoms with Crippen molar-refractivity contribution in [2.75, 3.05) is 6.61 Å². The van der Waals surface area contributed by atoms with Crippen molar-refractivity contribution >= 4 is 12.6 Å². The number of rotatable bonds is 7. The number of unbranched alkanes of at least 4 members (excludes halogenated alkanes) is 4. The Morgan fingerprint density at radius 3 is 2.36 bits per heavy atom. The maximum absolute atomic E-state index is 5.24. The Labute approximate surface area is 75.9 Å². The first-order chi connectivity index (χ1) is 5.27. The van der Waals surface area contributed by atoms with E-state index in [9.17, 15) is 0 Å². The van der Waals surface area contributed by atoms with Crippen molar-refractivity contribution < 1.29 is 4.74 Å². The molecule has 11 heavy (non-hydrogen) atoms. The lowest BCUT2D eigenvalue weighted by molar-refractivity contribution is 0.121. The first-order valence-corrected chi connectivity index (χ1v) is 5.02. The van der Waals surface area contributed by atoms with Crippen LogP contribution in [0.15, 0.2) is 0 Å². The van der Waals surface area contributed by atoms with E-state index in [0.29, 0.717) is 0 Å². The van der Waals surface area contributed by atoms with Crippen LogP contribution in [0.3, 0.4) is 0 Å². The van der Waals surface area contributed by atoms with Gasteiger partial charge < -0.3 is 4.74 Å². The molecule has 2 heteroatoms. The molecular weight excluding hydrogens is 156 g/mol. The van der Waals surface area contributed by atoms with Gasteiger partial charge in [-0.15, -0.1) is 0 Å². The molecule has 0 spiro atoms. The Morgan fingerprint density at radius 1 is 1.18 bits per heavy atom. The summed E-state index contributed by atoms with van der Waals surface area (Å²) < 4.78 is 5.24. The number of hydrogen-bond acceptors (Lipinski definition) is 1. The van der Waals surface area contributed by atoms with Gasteiger partial charge in [0.1, 0.15) is 5.44 Å². The average molecular weight is 175 g/mol. The maximum Gasteiger partial charge on any atom is 0.110 e. The lowest BCUT2D eigenvalue weighted by Gasteiger charge is -2.04. The van der Waals surface area contributed by atoms with Crippen LogP contribution in [0.25, 0.3) is 0 Å². The molecule has 1 atom stereocenters. The van der Waals surface area contributed by atoms with E-state index in [1.54, 1.807) is 0 Å². The highest BCUT2D eigenvalue weighted by Crippen LogP contribution is 2.04. The van der Waals surface area contributed by atoms with Crippen LogP contribution in [0.1, 0.15) is 46.0 Å². The summed E-state index contributed by atoms with van der Waals surface area (Å²) in [5.74, 6) is 0. The molecule has 0 aromatic heterocycles. The Bertz CT molecular complexity index is 74.0. The fourth-order valence-corrected chi connectivity index (χ4v) is 1.05. The van der Waals surface area contributed by atoms with Gasteiger partial charge in [-0.1, -0.05) is 45.2 Å². The molecule has 0 rings (SSSR count).